The van der Waals surface area contributed by atoms with Crippen molar-refractivity contribution in [2.45, 2.75) is 0 Å². The molecule has 0 unspecified atom stereocenters. The minimum absolute atomic E-state index is 0.245. The van der Waals surface area contributed by atoms with E-state index in [4.69, 9.17) is 0 Å². The minimum atomic E-state index is -6.62. The molecule has 1 rings (SSSR count). The summed E-state index contributed by atoms with van der Waals surface area (Å²) in [6, 6.07) is 6.77. The summed E-state index contributed by atoms with van der Waals surface area (Å²) in [5.41, 5.74) is -0.245. The van der Waals surface area contributed by atoms with Gasteiger partial charge in [0.05, 0.1) is 0 Å². The Bertz CT molecular complexity index is 280. The number of carbonyl (C=O) groups is 1. The molecule has 5 heteroatoms. The monoisotopic (exact) mass is 321 g/mol. The summed E-state index contributed by atoms with van der Waals surface area (Å²) in [5, 5.41) is 0. The van der Waals surface area contributed by atoms with E-state index in [1.807, 2.05) is 0 Å². The molecular formula is C7H5F3OTb. The number of halogens is 3. The fraction of sp³-hybridized carbons (Fsp3) is 0. The molecule has 12 heavy (non-hydrogen) atoms. The SMILES string of the molecule is O=[C](c1ccccc1)[Tb]([F])([F])[F]. The second kappa shape index (κ2) is 3.78. The van der Waals surface area contributed by atoms with Crippen LogP contribution in [0.3, 0.4) is 0 Å². The van der Waals surface area contributed by atoms with Gasteiger partial charge in [0.15, 0.2) is 0 Å². The van der Waals surface area contributed by atoms with Crippen LogP contribution in [0.2, 0.25) is 0 Å². The standard InChI is InChI=1S/C7H5O.3FH.Tb/c8-6-7-4-2-1-3-5-7;;;;/h1-5H;3*1H;/q;;;;+3/p-3. The molecule has 0 aromatic heterocycles. The summed E-state index contributed by atoms with van der Waals surface area (Å²) in [4.78, 5) is 10.6. The Morgan fingerprint density at radius 3 is 2.00 bits per heavy atom. The van der Waals surface area contributed by atoms with Gasteiger partial charge >= 0.3 is 79.3 Å². The van der Waals surface area contributed by atoms with Crippen LogP contribution in [0.1, 0.15) is 10.4 Å². The van der Waals surface area contributed by atoms with Gasteiger partial charge in [0, 0.05) is 0 Å². The van der Waals surface area contributed by atoms with Gasteiger partial charge in [-0.05, 0) is 0 Å². The van der Waals surface area contributed by atoms with Crippen molar-refractivity contribution in [1.82, 2.24) is 0 Å². The van der Waals surface area contributed by atoms with Crippen LogP contribution < -0.4 is 0 Å². The molecule has 0 aliphatic heterocycles. The van der Waals surface area contributed by atoms with Crippen LogP contribution in [-0.2, 0) is 0 Å². The third kappa shape index (κ3) is 2.48. The van der Waals surface area contributed by atoms with Gasteiger partial charge in [0.25, 0.3) is 0 Å². The summed E-state index contributed by atoms with van der Waals surface area (Å²) >= 11 is -6.62. The molecule has 1 aromatic carbocycles. The van der Waals surface area contributed by atoms with Crippen LogP contribution in [0.25, 0.3) is 0 Å². The fourth-order valence-corrected chi connectivity index (χ4v) is 1.73. The third-order valence-electron chi connectivity index (χ3n) is 1.16. The first-order valence-electron chi connectivity index (χ1n) is 2.91. The predicted octanol–water partition coefficient (Wildman–Crippen LogP) is 2.64. The summed E-state index contributed by atoms with van der Waals surface area (Å²) < 4.78 is 34.3. The van der Waals surface area contributed by atoms with Gasteiger partial charge < -0.3 is 0 Å². The molecule has 0 N–H and O–H groups in total. The van der Waals surface area contributed by atoms with Crippen LogP contribution >= 0.6 is 0 Å². The molecule has 0 heterocycles. The van der Waals surface area contributed by atoms with E-state index in [0.717, 1.165) is 0 Å². The van der Waals surface area contributed by atoms with Crippen LogP contribution in [0.5, 0.6) is 0 Å². The van der Waals surface area contributed by atoms with Crippen molar-refractivity contribution in [2.75, 3.05) is 0 Å². The first kappa shape index (κ1) is 10.0. The maximum atomic E-state index is 12.0. The fourth-order valence-electron chi connectivity index (χ4n) is 0.671. The van der Waals surface area contributed by atoms with Crippen molar-refractivity contribution in [2.24, 2.45) is 0 Å². The molecule has 0 aliphatic rings. The molecular weight excluding hydrogens is 316 g/mol. The molecule has 0 aliphatic carbocycles. The van der Waals surface area contributed by atoms with Gasteiger partial charge in [-0.15, -0.1) is 0 Å². The predicted molar refractivity (Wildman–Crippen MR) is 34.1 cm³/mol. The van der Waals surface area contributed by atoms with Crippen molar-refractivity contribution < 1.29 is 41.6 Å². The molecule has 69 valence electrons. The Morgan fingerprint density at radius 2 is 1.58 bits per heavy atom. The maximum absolute atomic E-state index is 12.0. The van der Waals surface area contributed by atoms with Crippen LogP contribution in [-0.4, -0.2) is 1.75 Å². The van der Waals surface area contributed by atoms with E-state index in [2.05, 4.69) is 0 Å². The molecule has 0 saturated heterocycles. The molecule has 0 fully saturated rings. The number of benzene rings is 1. The van der Waals surface area contributed by atoms with E-state index in [-0.39, 0.29) is 5.56 Å². The van der Waals surface area contributed by atoms with Crippen LogP contribution in [0.15, 0.2) is 30.3 Å². The Balaban J connectivity index is 2.94. The molecule has 0 atom stereocenters. The summed E-state index contributed by atoms with van der Waals surface area (Å²) in [7, 11) is 0. The third-order valence-corrected chi connectivity index (χ3v) is 2.88. The van der Waals surface area contributed by atoms with E-state index in [1.165, 1.54) is 24.3 Å². The van der Waals surface area contributed by atoms with E-state index < -0.39 is 34.8 Å². The molecule has 0 spiro atoms. The molecule has 1 aromatic rings. The average Bonchev–Trinajstić information content (AvgIpc) is 2.03. The first-order chi connectivity index (χ1) is 5.52. The number of carbonyl (C=O) groups excluding carboxylic acids is 1. The zero-order valence-electron chi connectivity index (χ0n) is 5.76. The second-order valence-electron chi connectivity index (χ2n) is 1.95. The van der Waals surface area contributed by atoms with Crippen molar-refractivity contribution in [3.8, 4) is 0 Å². The van der Waals surface area contributed by atoms with E-state index in [1.54, 1.807) is 6.07 Å². The first-order valence-corrected chi connectivity index (χ1v) is 6.40. The summed E-state index contributed by atoms with van der Waals surface area (Å²) in [5.74, 6) is 0. The van der Waals surface area contributed by atoms with Crippen molar-refractivity contribution in [1.29, 1.82) is 0 Å². The van der Waals surface area contributed by atoms with Crippen molar-refractivity contribution >= 4 is 1.75 Å². The quantitative estimate of drug-likeness (QED) is 0.818. The van der Waals surface area contributed by atoms with Gasteiger partial charge in [0.2, 0.25) is 0 Å². The number of rotatable bonds is 2. The van der Waals surface area contributed by atoms with E-state index >= 15 is 0 Å². The molecule has 0 radical (unpaired) electrons. The van der Waals surface area contributed by atoms with Gasteiger partial charge in [-0.1, -0.05) is 0 Å². The zero-order valence-corrected chi connectivity index (χ0v) is 7.90. The van der Waals surface area contributed by atoms with Crippen molar-refractivity contribution in [3.05, 3.63) is 35.9 Å². The molecule has 0 bridgehead atoms. The van der Waals surface area contributed by atoms with Gasteiger partial charge in [0.1, 0.15) is 0 Å². The Hall–Kier alpha value is -0.0343. The Morgan fingerprint density at radius 1 is 1.08 bits per heavy atom. The normalized spacial score (nSPS) is 12.6. The van der Waals surface area contributed by atoms with Gasteiger partial charge in [-0.25, -0.2) is 0 Å². The van der Waals surface area contributed by atoms with Crippen LogP contribution in [0.4, 0.5) is 3.80 Å². The molecule has 0 amide bonds. The summed E-state index contributed by atoms with van der Waals surface area (Å²) in [6.45, 7) is 0. The van der Waals surface area contributed by atoms with Gasteiger partial charge in [-0.2, -0.15) is 0 Å². The number of hydrogen-bond acceptors (Lipinski definition) is 1. The number of hydrogen-bond donors (Lipinski definition) is 0. The van der Waals surface area contributed by atoms with Crippen LogP contribution in [0, 0.1) is 33.0 Å². The average molecular weight is 321 g/mol. The summed E-state index contributed by atoms with van der Waals surface area (Å²) in [6.07, 6.45) is 0. The van der Waals surface area contributed by atoms with Gasteiger partial charge in [-0.3, -0.25) is 0 Å². The molecule has 0 saturated carbocycles. The van der Waals surface area contributed by atoms with Crippen molar-refractivity contribution in [3.63, 3.8) is 0 Å². The topological polar surface area (TPSA) is 17.1 Å². The zero-order chi connectivity index (χ0) is 9.19. The van der Waals surface area contributed by atoms with E-state index in [0.29, 0.717) is 0 Å². The molecule has 1 nitrogen and oxygen atoms in total. The van der Waals surface area contributed by atoms with E-state index in [9.17, 15) is 8.59 Å². The Labute approximate surface area is 78.7 Å². The Kier molecular flexibility index (Phi) is 3.17. The second-order valence-corrected chi connectivity index (χ2v) is 5.05.